The maximum atomic E-state index is 9.32. The summed E-state index contributed by atoms with van der Waals surface area (Å²) in [6.07, 6.45) is 1.76. The Bertz CT molecular complexity index is 315. The van der Waals surface area contributed by atoms with Crippen molar-refractivity contribution in [3.8, 4) is 0 Å². The maximum Gasteiger partial charge on any atom is 0.0514 e. The molecule has 0 fully saturated rings. The quantitative estimate of drug-likeness (QED) is 0.801. The first-order valence-corrected chi connectivity index (χ1v) is 5.73. The molecule has 2 unspecified atom stereocenters. The van der Waals surface area contributed by atoms with Crippen LogP contribution in [0.2, 0.25) is 0 Å². The molecule has 1 aromatic rings. The van der Waals surface area contributed by atoms with Gasteiger partial charge in [-0.05, 0) is 50.7 Å². The van der Waals surface area contributed by atoms with E-state index in [-0.39, 0.29) is 6.10 Å². The van der Waals surface area contributed by atoms with Crippen molar-refractivity contribution in [1.82, 2.24) is 0 Å². The summed E-state index contributed by atoms with van der Waals surface area (Å²) in [4.78, 5) is 0. The van der Waals surface area contributed by atoms with Gasteiger partial charge >= 0.3 is 0 Å². The van der Waals surface area contributed by atoms with E-state index in [4.69, 9.17) is 0 Å². The van der Waals surface area contributed by atoms with Gasteiger partial charge in [0, 0.05) is 0 Å². The topological polar surface area (TPSA) is 20.2 Å². The van der Waals surface area contributed by atoms with Crippen molar-refractivity contribution in [2.24, 2.45) is 5.92 Å². The molecule has 1 N–H and O–H groups in total. The van der Waals surface area contributed by atoms with Crippen LogP contribution >= 0.6 is 0 Å². The molecule has 0 amide bonds. The molecule has 0 aromatic heterocycles. The van der Waals surface area contributed by atoms with Gasteiger partial charge in [-0.2, -0.15) is 0 Å². The Morgan fingerprint density at radius 2 is 1.87 bits per heavy atom. The lowest BCUT2D eigenvalue weighted by Crippen LogP contribution is -2.10. The highest BCUT2D eigenvalue weighted by atomic mass is 16.3. The van der Waals surface area contributed by atoms with Gasteiger partial charge in [0.25, 0.3) is 0 Å². The molecule has 0 heterocycles. The van der Waals surface area contributed by atoms with Crippen molar-refractivity contribution in [1.29, 1.82) is 0 Å². The molecule has 1 heteroatoms. The lowest BCUT2D eigenvalue weighted by Gasteiger charge is -2.15. The van der Waals surface area contributed by atoms with E-state index in [0.717, 1.165) is 12.8 Å². The van der Waals surface area contributed by atoms with Crippen LogP contribution in [0.5, 0.6) is 0 Å². The van der Waals surface area contributed by atoms with Crippen molar-refractivity contribution in [2.45, 2.75) is 46.6 Å². The molecule has 0 saturated carbocycles. The zero-order valence-electron chi connectivity index (χ0n) is 10.2. The number of hydrogen-bond acceptors (Lipinski definition) is 1. The smallest absolute Gasteiger partial charge is 0.0514 e. The maximum absolute atomic E-state index is 9.32. The van der Waals surface area contributed by atoms with Crippen molar-refractivity contribution < 1.29 is 5.11 Å². The summed E-state index contributed by atoms with van der Waals surface area (Å²) < 4.78 is 0. The van der Waals surface area contributed by atoms with Crippen LogP contribution in [-0.4, -0.2) is 11.2 Å². The third-order valence-corrected chi connectivity index (χ3v) is 2.82. The molecule has 0 radical (unpaired) electrons. The van der Waals surface area contributed by atoms with Gasteiger partial charge in [0.2, 0.25) is 0 Å². The molecule has 0 aliphatic heterocycles. The van der Waals surface area contributed by atoms with E-state index >= 15 is 0 Å². The fourth-order valence-corrected chi connectivity index (χ4v) is 2.06. The first-order chi connectivity index (χ1) is 6.99. The first-order valence-electron chi connectivity index (χ1n) is 5.73. The minimum absolute atomic E-state index is 0.190. The highest BCUT2D eigenvalue weighted by Crippen LogP contribution is 2.18. The van der Waals surface area contributed by atoms with Crippen LogP contribution in [0, 0.1) is 19.8 Å². The lowest BCUT2D eigenvalue weighted by molar-refractivity contribution is 0.164. The Balaban J connectivity index is 2.67. The van der Waals surface area contributed by atoms with Gasteiger partial charge in [-0.1, -0.05) is 30.7 Å². The summed E-state index contributed by atoms with van der Waals surface area (Å²) in [6, 6.07) is 6.59. The molecule has 1 aromatic carbocycles. The van der Waals surface area contributed by atoms with Crippen LogP contribution in [0.15, 0.2) is 18.2 Å². The molecule has 0 saturated heterocycles. The Labute approximate surface area is 93.1 Å². The van der Waals surface area contributed by atoms with Crippen molar-refractivity contribution in [3.63, 3.8) is 0 Å². The predicted octanol–water partition coefficient (Wildman–Crippen LogP) is 3.25. The van der Waals surface area contributed by atoms with Crippen molar-refractivity contribution in [2.75, 3.05) is 0 Å². The first kappa shape index (κ1) is 12.3. The fourth-order valence-electron chi connectivity index (χ4n) is 2.06. The van der Waals surface area contributed by atoms with Crippen LogP contribution in [0.4, 0.5) is 0 Å². The normalized spacial score (nSPS) is 15.0. The van der Waals surface area contributed by atoms with Crippen LogP contribution in [0.1, 0.15) is 37.0 Å². The standard InChI is InChI=1S/C14H22O/c1-10-5-6-12(3)14(8-10)9-11(2)7-13(4)15/h5-6,8,11,13,15H,7,9H2,1-4H3. The largest absolute Gasteiger partial charge is 0.393 e. The molecular formula is C14H22O. The molecule has 2 atom stereocenters. The number of hydrogen-bond donors (Lipinski definition) is 1. The average molecular weight is 206 g/mol. The molecule has 0 aliphatic carbocycles. The van der Waals surface area contributed by atoms with Crippen LogP contribution in [-0.2, 0) is 6.42 Å². The highest BCUT2D eigenvalue weighted by molar-refractivity contribution is 5.30. The van der Waals surface area contributed by atoms with Gasteiger partial charge in [-0.15, -0.1) is 0 Å². The van der Waals surface area contributed by atoms with Crippen LogP contribution < -0.4 is 0 Å². The molecular weight excluding hydrogens is 184 g/mol. The van der Waals surface area contributed by atoms with E-state index in [1.807, 2.05) is 6.92 Å². The summed E-state index contributed by atoms with van der Waals surface area (Å²) in [5.41, 5.74) is 4.10. The van der Waals surface area contributed by atoms with E-state index < -0.39 is 0 Å². The number of benzene rings is 1. The van der Waals surface area contributed by atoms with E-state index in [1.54, 1.807) is 0 Å². The zero-order valence-corrected chi connectivity index (χ0v) is 10.2. The Morgan fingerprint density at radius 3 is 2.47 bits per heavy atom. The number of aliphatic hydroxyl groups is 1. The molecule has 0 bridgehead atoms. The van der Waals surface area contributed by atoms with Crippen LogP contribution in [0.25, 0.3) is 0 Å². The summed E-state index contributed by atoms with van der Waals surface area (Å²) in [6.45, 7) is 8.35. The Hall–Kier alpha value is -0.820. The summed E-state index contributed by atoms with van der Waals surface area (Å²) >= 11 is 0. The third-order valence-electron chi connectivity index (χ3n) is 2.82. The zero-order chi connectivity index (χ0) is 11.4. The Kier molecular flexibility index (Phi) is 4.34. The fraction of sp³-hybridized carbons (Fsp3) is 0.571. The monoisotopic (exact) mass is 206 g/mol. The van der Waals surface area contributed by atoms with Gasteiger partial charge in [0.15, 0.2) is 0 Å². The second-order valence-corrected chi connectivity index (χ2v) is 4.82. The molecule has 0 aliphatic rings. The Morgan fingerprint density at radius 1 is 1.20 bits per heavy atom. The van der Waals surface area contributed by atoms with Crippen LogP contribution in [0.3, 0.4) is 0 Å². The van der Waals surface area contributed by atoms with E-state index in [1.165, 1.54) is 16.7 Å². The predicted molar refractivity (Wildman–Crippen MR) is 65.1 cm³/mol. The molecule has 0 spiro atoms. The third kappa shape index (κ3) is 4.05. The van der Waals surface area contributed by atoms with Crippen molar-refractivity contribution in [3.05, 3.63) is 34.9 Å². The van der Waals surface area contributed by atoms with E-state index in [2.05, 4.69) is 39.0 Å². The minimum Gasteiger partial charge on any atom is -0.393 e. The number of aryl methyl sites for hydroxylation is 2. The second kappa shape index (κ2) is 5.32. The number of rotatable bonds is 4. The van der Waals surface area contributed by atoms with Gasteiger partial charge in [-0.25, -0.2) is 0 Å². The molecule has 84 valence electrons. The summed E-state index contributed by atoms with van der Waals surface area (Å²) in [7, 11) is 0. The molecule has 15 heavy (non-hydrogen) atoms. The van der Waals surface area contributed by atoms with E-state index in [0.29, 0.717) is 5.92 Å². The second-order valence-electron chi connectivity index (χ2n) is 4.82. The van der Waals surface area contributed by atoms with E-state index in [9.17, 15) is 5.11 Å². The lowest BCUT2D eigenvalue weighted by atomic mass is 9.92. The van der Waals surface area contributed by atoms with Gasteiger partial charge < -0.3 is 5.11 Å². The molecule has 1 rings (SSSR count). The van der Waals surface area contributed by atoms with Gasteiger partial charge in [0.1, 0.15) is 0 Å². The van der Waals surface area contributed by atoms with Gasteiger partial charge in [-0.3, -0.25) is 0 Å². The average Bonchev–Trinajstić information content (AvgIpc) is 2.10. The van der Waals surface area contributed by atoms with Gasteiger partial charge in [0.05, 0.1) is 6.10 Å². The summed E-state index contributed by atoms with van der Waals surface area (Å²) in [5.74, 6) is 0.547. The SMILES string of the molecule is Cc1ccc(C)c(CC(C)CC(C)O)c1. The van der Waals surface area contributed by atoms with Crippen molar-refractivity contribution >= 4 is 0 Å². The highest BCUT2D eigenvalue weighted by Gasteiger charge is 2.08. The summed E-state index contributed by atoms with van der Waals surface area (Å²) in [5, 5.41) is 9.32. The number of aliphatic hydroxyl groups excluding tert-OH is 1. The minimum atomic E-state index is -0.190. The molecule has 1 nitrogen and oxygen atoms in total.